The molecule has 3 N–H and O–H groups in total. The van der Waals surface area contributed by atoms with Crippen LogP contribution in [0.25, 0.3) is 11.6 Å². The second kappa shape index (κ2) is 6.57. The highest BCUT2D eigenvalue weighted by molar-refractivity contribution is 6.35. The molecule has 1 aliphatic heterocycles. The molecule has 2 heterocycles. The zero-order chi connectivity index (χ0) is 18.1. The number of amides is 1. The number of hydrogen-bond acceptors (Lipinski definition) is 4. The van der Waals surface area contributed by atoms with E-state index >= 15 is 0 Å². The van der Waals surface area contributed by atoms with Crippen LogP contribution >= 0.6 is 0 Å². The summed E-state index contributed by atoms with van der Waals surface area (Å²) >= 11 is 0. The Morgan fingerprint density at radius 2 is 2.08 bits per heavy atom. The normalized spacial score (nSPS) is 16.2. The van der Waals surface area contributed by atoms with E-state index < -0.39 is 12.0 Å². The molecule has 0 radical (unpaired) electrons. The fraction of sp³-hybridized carbons (Fsp3) is 0.263. The third-order valence-corrected chi connectivity index (χ3v) is 4.15. The van der Waals surface area contributed by atoms with Gasteiger partial charge in [0.25, 0.3) is 5.91 Å². The van der Waals surface area contributed by atoms with Crippen LogP contribution in [0.5, 0.6) is 0 Å². The van der Waals surface area contributed by atoms with Gasteiger partial charge in [0.2, 0.25) is 0 Å². The molecule has 0 bridgehead atoms. The lowest BCUT2D eigenvalue weighted by Crippen LogP contribution is -2.35. The Labute approximate surface area is 146 Å². The number of aromatic amines is 1. The lowest BCUT2D eigenvalue weighted by molar-refractivity contribution is -0.144. The van der Waals surface area contributed by atoms with Gasteiger partial charge < -0.3 is 15.5 Å². The first kappa shape index (κ1) is 17.0. The molecule has 130 valence electrons. The largest absolute Gasteiger partial charge is 0.443 e. The lowest BCUT2D eigenvalue weighted by Gasteiger charge is -2.17. The predicted molar refractivity (Wildman–Crippen MR) is 96.7 cm³/mol. The predicted octanol–water partition coefficient (Wildman–Crippen LogP) is 2.37. The molecule has 6 heteroatoms. The van der Waals surface area contributed by atoms with E-state index in [1.807, 2.05) is 50.3 Å². The van der Waals surface area contributed by atoms with Gasteiger partial charge in [0.15, 0.2) is 6.73 Å². The van der Waals surface area contributed by atoms with Crippen molar-refractivity contribution in [3.63, 3.8) is 0 Å². The van der Waals surface area contributed by atoms with Gasteiger partial charge in [-0.2, -0.15) is 0 Å². The van der Waals surface area contributed by atoms with Crippen molar-refractivity contribution >= 4 is 29.2 Å². The maximum Gasteiger partial charge on any atom is 0.324 e. The summed E-state index contributed by atoms with van der Waals surface area (Å²) in [5.74, 6) is -0.746. The number of esters is 1. The third-order valence-electron chi connectivity index (χ3n) is 4.15. The van der Waals surface area contributed by atoms with Gasteiger partial charge in [0.05, 0.1) is 11.3 Å². The van der Waals surface area contributed by atoms with Crippen LogP contribution in [0.2, 0.25) is 0 Å². The molecule has 0 saturated heterocycles. The number of carbonyl (C=O) groups excluding carboxylic acids is 2. The molecular formula is C19H21N3O3. The van der Waals surface area contributed by atoms with Gasteiger partial charge >= 0.3 is 5.97 Å². The van der Waals surface area contributed by atoms with Gasteiger partial charge in [0.1, 0.15) is 6.04 Å². The molecule has 1 aromatic carbocycles. The molecule has 1 atom stereocenters. The quantitative estimate of drug-likeness (QED) is 0.661. The minimum absolute atomic E-state index is 0.156. The van der Waals surface area contributed by atoms with Crippen LogP contribution in [0.15, 0.2) is 30.3 Å². The number of carbonyl (C=O) groups is 2. The highest BCUT2D eigenvalue weighted by Crippen LogP contribution is 2.37. The molecule has 1 aliphatic rings. The van der Waals surface area contributed by atoms with Crippen molar-refractivity contribution in [2.75, 3.05) is 11.6 Å². The van der Waals surface area contributed by atoms with Gasteiger partial charge in [-0.05, 0) is 44.5 Å². The van der Waals surface area contributed by atoms with Crippen molar-refractivity contribution in [2.45, 2.75) is 26.8 Å². The topological polar surface area (TPSA) is 88.4 Å². The Kier molecular flexibility index (Phi) is 4.46. The smallest absolute Gasteiger partial charge is 0.324 e. The van der Waals surface area contributed by atoms with Crippen molar-refractivity contribution in [1.82, 2.24) is 4.98 Å². The molecule has 1 unspecified atom stereocenters. The Balaban J connectivity index is 1.95. The number of nitrogens with two attached hydrogens (primary N) is 1. The Morgan fingerprint density at radius 1 is 1.36 bits per heavy atom. The molecule has 0 fully saturated rings. The molecular weight excluding hydrogens is 318 g/mol. The number of rotatable bonds is 4. The van der Waals surface area contributed by atoms with Crippen LogP contribution in [0.4, 0.5) is 5.69 Å². The van der Waals surface area contributed by atoms with Crippen LogP contribution in [-0.4, -0.2) is 29.6 Å². The zero-order valence-corrected chi connectivity index (χ0v) is 14.5. The second-order valence-corrected chi connectivity index (χ2v) is 6.24. The minimum Gasteiger partial charge on any atom is -0.443 e. The zero-order valence-electron chi connectivity index (χ0n) is 14.5. The maximum absolute atomic E-state index is 12.9. The SMILES string of the molecule is Cc1cc(C)c(/C=C2\C(=O)N(COC(=O)C(C)N)c3ccccc32)[nH]1. The van der Waals surface area contributed by atoms with E-state index in [0.29, 0.717) is 5.57 Å². The molecule has 3 rings (SSSR count). The average molecular weight is 339 g/mol. The molecule has 0 saturated carbocycles. The molecule has 6 nitrogen and oxygen atoms in total. The van der Waals surface area contributed by atoms with Gasteiger partial charge in [-0.1, -0.05) is 18.2 Å². The molecule has 0 spiro atoms. The maximum atomic E-state index is 12.9. The average Bonchev–Trinajstić information content (AvgIpc) is 3.03. The van der Waals surface area contributed by atoms with Crippen LogP contribution in [0.3, 0.4) is 0 Å². The summed E-state index contributed by atoms with van der Waals surface area (Å²) in [5.41, 5.74) is 10.6. The van der Waals surface area contributed by atoms with Crippen molar-refractivity contribution < 1.29 is 14.3 Å². The first-order valence-corrected chi connectivity index (χ1v) is 8.10. The molecule has 2 aromatic rings. The van der Waals surface area contributed by atoms with Crippen molar-refractivity contribution in [3.05, 3.63) is 52.8 Å². The number of nitrogens with one attached hydrogen (secondary N) is 1. The van der Waals surface area contributed by atoms with Gasteiger partial charge in [-0.15, -0.1) is 0 Å². The first-order chi connectivity index (χ1) is 11.9. The number of fused-ring (bicyclic) bond motifs is 1. The van der Waals surface area contributed by atoms with Gasteiger partial charge in [0, 0.05) is 17.0 Å². The summed E-state index contributed by atoms with van der Waals surface area (Å²) in [6.07, 6.45) is 1.84. The van der Waals surface area contributed by atoms with E-state index in [4.69, 9.17) is 10.5 Å². The number of H-pyrrole nitrogens is 1. The summed E-state index contributed by atoms with van der Waals surface area (Å²) < 4.78 is 5.15. The number of hydrogen-bond donors (Lipinski definition) is 2. The highest BCUT2D eigenvalue weighted by Gasteiger charge is 2.33. The molecule has 25 heavy (non-hydrogen) atoms. The summed E-state index contributed by atoms with van der Waals surface area (Å²) in [6.45, 7) is 5.35. The first-order valence-electron chi connectivity index (χ1n) is 8.10. The molecule has 1 aromatic heterocycles. The lowest BCUT2D eigenvalue weighted by atomic mass is 10.1. The van der Waals surface area contributed by atoms with Crippen LogP contribution in [0, 0.1) is 13.8 Å². The van der Waals surface area contributed by atoms with Crippen molar-refractivity contribution in [1.29, 1.82) is 0 Å². The number of aromatic nitrogens is 1. The number of para-hydroxylation sites is 1. The monoisotopic (exact) mass is 339 g/mol. The number of anilines is 1. The van der Waals surface area contributed by atoms with E-state index in [9.17, 15) is 9.59 Å². The number of ether oxygens (including phenoxy) is 1. The van der Waals surface area contributed by atoms with E-state index in [-0.39, 0.29) is 12.6 Å². The minimum atomic E-state index is -0.729. The van der Waals surface area contributed by atoms with Gasteiger partial charge in [-0.25, -0.2) is 0 Å². The van der Waals surface area contributed by atoms with Crippen molar-refractivity contribution in [3.8, 4) is 0 Å². The van der Waals surface area contributed by atoms with E-state index in [1.54, 1.807) is 6.92 Å². The van der Waals surface area contributed by atoms with Crippen LogP contribution in [0.1, 0.15) is 29.4 Å². The summed E-state index contributed by atoms with van der Waals surface area (Å²) in [5, 5.41) is 0. The standard InChI is InChI=1S/C19H21N3O3/c1-11-8-12(2)21-16(11)9-15-14-6-4-5-7-17(14)22(18(15)23)10-25-19(24)13(3)20/h4-9,13,21H,10,20H2,1-3H3/b15-9-. The van der Waals surface area contributed by atoms with Crippen LogP contribution in [-0.2, 0) is 14.3 Å². The molecule has 0 aliphatic carbocycles. The summed E-state index contributed by atoms with van der Waals surface area (Å²) in [6, 6.07) is 8.74. The second-order valence-electron chi connectivity index (χ2n) is 6.24. The fourth-order valence-electron chi connectivity index (χ4n) is 2.88. The number of nitrogens with zero attached hydrogens (tertiary/aromatic N) is 1. The Morgan fingerprint density at radius 3 is 2.72 bits per heavy atom. The molecule has 1 amide bonds. The fourth-order valence-corrected chi connectivity index (χ4v) is 2.88. The highest BCUT2D eigenvalue weighted by atomic mass is 16.5. The summed E-state index contributed by atoms with van der Waals surface area (Å²) in [7, 11) is 0. The Hall–Kier alpha value is -2.86. The number of aryl methyl sites for hydroxylation is 2. The van der Waals surface area contributed by atoms with Crippen molar-refractivity contribution in [2.24, 2.45) is 5.73 Å². The number of benzene rings is 1. The van der Waals surface area contributed by atoms with E-state index in [1.165, 1.54) is 4.90 Å². The van der Waals surface area contributed by atoms with E-state index in [0.717, 1.165) is 28.2 Å². The summed E-state index contributed by atoms with van der Waals surface area (Å²) in [4.78, 5) is 29.2. The van der Waals surface area contributed by atoms with E-state index in [2.05, 4.69) is 4.98 Å². The van der Waals surface area contributed by atoms with Gasteiger partial charge in [-0.3, -0.25) is 14.5 Å². The third kappa shape index (κ3) is 3.21. The van der Waals surface area contributed by atoms with Crippen LogP contribution < -0.4 is 10.6 Å². The Bertz CT molecular complexity index is 865.